The fourth-order valence-corrected chi connectivity index (χ4v) is 4.59. The van der Waals surface area contributed by atoms with Crippen molar-refractivity contribution < 1.29 is 41.3 Å². The fourth-order valence-electron chi connectivity index (χ4n) is 4.59. The van der Waals surface area contributed by atoms with E-state index < -0.39 is 0 Å². The monoisotopic (exact) mass is 579 g/mol. The predicted octanol–water partition coefficient (Wildman–Crippen LogP) is 1.92. The number of benzene rings is 2. The first-order valence-corrected chi connectivity index (χ1v) is 13.0. The Balaban J connectivity index is 0. The van der Waals surface area contributed by atoms with Gasteiger partial charge in [-0.25, -0.2) is 0 Å². The van der Waals surface area contributed by atoms with Crippen molar-refractivity contribution in [1.29, 1.82) is 0 Å². The van der Waals surface area contributed by atoms with E-state index in [2.05, 4.69) is 109 Å². The van der Waals surface area contributed by atoms with Gasteiger partial charge in [-0.3, -0.25) is 0 Å². The van der Waals surface area contributed by atoms with Gasteiger partial charge in [0.15, 0.2) is 0 Å². The molecule has 2 aromatic carbocycles. The van der Waals surface area contributed by atoms with Crippen LogP contribution in [-0.4, -0.2) is 26.2 Å². The van der Waals surface area contributed by atoms with Crippen molar-refractivity contribution in [3.05, 3.63) is 57.6 Å². The molecule has 0 aliphatic rings. The third kappa shape index (κ3) is 10.4. The molecule has 0 bridgehead atoms. The number of hydrogen-bond donors (Lipinski definition) is 3. The van der Waals surface area contributed by atoms with Crippen LogP contribution in [0.3, 0.4) is 0 Å². The van der Waals surface area contributed by atoms with Crippen molar-refractivity contribution >= 4 is 11.4 Å². The van der Waals surface area contributed by atoms with E-state index in [4.69, 9.17) is 0 Å². The Kier molecular flexibility index (Phi) is 18.2. The second-order valence-corrected chi connectivity index (χ2v) is 10.9. The molecule has 3 N–H and O–H groups in total. The summed E-state index contributed by atoms with van der Waals surface area (Å²) in [6.07, 6.45) is 0. The van der Waals surface area contributed by atoms with Crippen molar-refractivity contribution in [2.24, 2.45) is 0 Å². The summed E-state index contributed by atoms with van der Waals surface area (Å²) in [5.74, 6) is 2.06. The molecule has 0 saturated heterocycles. The number of hydrogen-bond acceptors (Lipinski definition) is 3. The van der Waals surface area contributed by atoms with Crippen LogP contribution in [0.1, 0.15) is 112 Å². The van der Waals surface area contributed by atoms with E-state index in [1.807, 2.05) is 0 Å². The van der Waals surface area contributed by atoms with Gasteiger partial charge in [0, 0.05) is 37.6 Å². The zero-order valence-corrected chi connectivity index (χ0v) is 26.5. The Morgan fingerprint density at radius 2 is 0.750 bits per heavy atom. The zero-order valence-electron chi connectivity index (χ0n) is 24.0. The molecule has 0 spiro atoms. The quantitative estimate of drug-likeness (QED) is 0.265. The third-order valence-electron chi connectivity index (χ3n) is 6.38. The number of rotatable bonds is 12. The second kappa shape index (κ2) is 17.6. The first-order chi connectivity index (χ1) is 15.5. The Morgan fingerprint density at radius 3 is 0.972 bits per heavy atom. The molecule has 6 heteroatoms. The maximum Gasteiger partial charge on any atom is 2.00 e. The van der Waals surface area contributed by atoms with Crippen molar-refractivity contribution in [3.8, 4) is 0 Å². The van der Waals surface area contributed by atoms with Crippen LogP contribution in [0.5, 0.6) is 0 Å². The van der Waals surface area contributed by atoms with Crippen LogP contribution in [-0.2, 0) is 16.5 Å². The van der Waals surface area contributed by atoms with Gasteiger partial charge >= 0.3 is 16.5 Å². The molecular formula is C30H49Cl2N3Ni. The first kappa shape index (κ1) is 37.2. The van der Waals surface area contributed by atoms with Crippen molar-refractivity contribution in [1.82, 2.24) is 5.32 Å². The SMILES string of the molecule is Cc1cc(C(C)C)c(NCCNCCNc2c(C(C)C)cc(C)cc2C(C)C)c(C(C)C)c1.[Cl-].[Cl-].[Ni+2]. The molecule has 0 aliphatic heterocycles. The van der Waals surface area contributed by atoms with Gasteiger partial charge in [0.05, 0.1) is 0 Å². The summed E-state index contributed by atoms with van der Waals surface area (Å²) in [6.45, 7) is 26.5. The predicted molar refractivity (Wildman–Crippen MR) is 149 cm³/mol. The number of aryl methyl sites for hydroxylation is 2. The molecule has 2 rings (SSSR count). The van der Waals surface area contributed by atoms with Crippen LogP contribution in [0.2, 0.25) is 0 Å². The molecule has 0 unspecified atom stereocenters. The van der Waals surface area contributed by atoms with E-state index in [9.17, 15) is 0 Å². The average molecular weight is 581 g/mol. The Morgan fingerprint density at radius 1 is 0.500 bits per heavy atom. The van der Waals surface area contributed by atoms with Crippen LogP contribution >= 0.6 is 0 Å². The summed E-state index contributed by atoms with van der Waals surface area (Å²) in [5.41, 5.74) is 11.1. The van der Waals surface area contributed by atoms with Crippen molar-refractivity contribution in [2.45, 2.75) is 92.9 Å². The number of nitrogens with one attached hydrogen (secondary N) is 3. The zero-order chi connectivity index (χ0) is 24.7. The molecular weight excluding hydrogens is 532 g/mol. The molecule has 208 valence electrons. The maximum absolute atomic E-state index is 3.75. The Labute approximate surface area is 244 Å². The fraction of sp³-hybridized carbons (Fsp3) is 0.600. The van der Waals surface area contributed by atoms with Gasteiger partial charge in [-0.15, -0.1) is 0 Å². The van der Waals surface area contributed by atoms with Crippen LogP contribution < -0.4 is 40.8 Å². The van der Waals surface area contributed by atoms with Crippen LogP contribution in [0.25, 0.3) is 0 Å². The molecule has 0 heterocycles. The average Bonchev–Trinajstić information content (AvgIpc) is 2.73. The molecule has 0 radical (unpaired) electrons. The molecule has 0 saturated carbocycles. The normalized spacial score (nSPS) is 10.8. The molecule has 0 atom stereocenters. The Bertz CT molecular complexity index is 780. The minimum atomic E-state index is 0. The standard InChI is InChI=1S/C30H49N3.2ClH.Ni/c1-19(2)25-15-23(9)16-26(20(3)4)29(25)32-13-11-31-12-14-33-30-27(21(5)6)17-24(10)18-28(30)22(7)8;;;/h15-22,31-33H,11-14H2,1-10H3;2*1H;/q;;;+2/p-2. The largest absolute Gasteiger partial charge is 2.00 e. The van der Waals surface area contributed by atoms with E-state index in [0.717, 1.165) is 26.2 Å². The van der Waals surface area contributed by atoms with Gasteiger partial charge in [-0.2, -0.15) is 0 Å². The number of halogens is 2. The second-order valence-electron chi connectivity index (χ2n) is 10.9. The van der Waals surface area contributed by atoms with Gasteiger partial charge in [0.25, 0.3) is 0 Å². The summed E-state index contributed by atoms with van der Waals surface area (Å²) in [4.78, 5) is 0. The van der Waals surface area contributed by atoms with Crippen LogP contribution in [0.4, 0.5) is 11.4 Å². The van der Waals surface area contributed by atoms with Crippen LogP contribution in [0, 0.1) is 13.8 Å². The van der Waals surface area contributed by atoms with Gasteiger partial charge in [0.1, 0.15) is 0 Å². The van der Waals surface area contributed by atoms with E-state index in [1.165, 1.54) is 44.8 Å². The van der Waals surface area contributed by atoms with Crippen LogP contribution in [0.15, 0.2) is 24.3 Å². The van der Waals surface area contributed by atoms with E-state index in [0.29, 0.717) is 23.7 Å². The van der Waals surface area contributed by atoms with Gasteiger partial charge < -0.3 is 40.8 Å². The summed E-state index contributed by atoms with van der Waals surface area (Å²) >= 11 is 0. The molecule has 36 heavy (non-hydrogen) atoms. The Hall–Kier alpha value is -0.926. The summed E-state index contributed by atoms with van der Waals surface area (Å²) < 4.78 is 0. The molecule has 2 aromatic rings. The molecule has 0 amide bonds. The first-order valence-electron chi connectivity index (χ1n) is 13.0. The van der Waals surface area contributed by atoms with Gasteiger partial charge in [0.2, 0.25) is 0 Å². The van der Waals surface area contributed by atoms with Gasteiger partial charge in [-0.1, -0.05) is 90.8 Å². The van der Waals surface area contributed by atoms with Crippen molar-refractivity contribution in [3.63, 3.8) is 0 Å². The molecule has 3 nitrogen and oxygen atoms in total. The minimum Gasteiger partial charge on any atom is -1.00 e. The van der Waals surface area contributed by atoms with E-state index >= 15 is 0 Å². The smallest absolute Gasteiger partial charge is 1.00 e. The number of anilines is 2. The maximum atomic E-state index is 3.75. The topological polar surface area (TPSA) is 36.1 Å². The third-order valence-corrected chi connectivity index (χ3v) is 6.38. The summed E-state index contributed by atoms with van der Waals surface area (Å²) in [6, 6.07) is 9.37. The molecule has 0 aliphatic carbocycles. The van der Waals surface area contributed by atoms with Gasteiger partial charge in [-0.05, 0) is 59.8 Å². The molecule has 0 aromatic heterocycles. The van der Waals surface area contributed by atoms with Crippen molar-refractivity contribution in [2.75, 3.05) is 36.8 Å². The van der Waals surface area contributed by atoms with E-state index in [1.54, 1.807) is 0 Å². The minimum absolute atomic E-state index is 0. The summed E-state index contributed by atoms with van der Waals surface area (Å²) in [5, 5.41) is 11.1. The molecule has 0 fully saturated rings. The van der Waals surface area contributed by atoms with E-state index in [-0.39, 0.29) is 41.3 Å². The summed E-state index contributed by atoms with van der Waals surface area (Å²) in [7, 11) is 0.